The minimum absolute atomic E-state index is 0.0505. The quantitative estimate of drug-likeness (QED) is 0.860. The number of phenolic OH excluding ortho intramolecular Hbond substituents is 1. The van der Waals surface area contributed by atoms with Crippen LogP contribution in [0.15, 0.2) is 36.4 Å². The molecule has 0 aliphatic carbocycles. The van der Waals surface area contributed by atoms with Gasteiger partial charge in [-0.1, -0.05) is 12.1 Å². The molecule has 19 heavy (non-hydrogen) atoms. The third-order valence-electron chi connectivity index (χ3n) is 3.19. The third kappa shape index (κ3) is 3.05. The molecular weight excluding hydrogens is 241 g/mol. The smallest absolute Gasteiger partial charge is 0.126 e. The van der Waals surface area contributed by atoms with Crippen molar-refractivity contribution in [3.63, 3.8) is 0 Å². The minimum atomic E-state index is -0.212. The lowest BCUT2D eigenvalue weighted by molar-refractivity contribution is 0.465. The van der Waals surface area contributed by atoms with Crippen LogP contribution in [0, 0.1) is 19.7 Å². The summed E-state index contributed by atoms with van der Waals surface area (Å²) in [5, 5.41) is 13.2. The van der Waals surface area contributed by atoms with Crippen LogP contribution in [0.1, 0.15) is 29.7 Å². The van der Waals surface area contributed by atoms with Gasteiger partial charge in [-0.15, -0.1) is 0 Å². The van der Waals surface area contributed by atoms with Gasteiger partial charge in [-0.25, -0.2) is 4.39 Å². The van der Waals surface area contributed by atoms with Gasteiger partial charge in [-0.05, 0) is 56.2 Å². The number of benzene rings is 2. The van der Waals surface area contributed by atoms with Crippen molar-refractivity contribution in [1.82, 2.24) is 0 Å². The van der Waals surface area contributed by atoms with E-state index in [-0.39, 0.29) is 17.6 Å². The van der Waals surface area contributed by atoms with E-state index < -0.39 is 0 Å². The molecule has 2 rings (SSSR count). The number of hydrogen-bond donors (Lipinski definition) is 2. The van der Waals surface area contributed by atoms with Crippen LogP contribution >= 0.6 is 0 Å². The van der Waals surface area contributed by atoms with Gasteiger partial charge in [0.25, 0.3) is 0 Å². The molecule has 0 aliphatic heterocycles. The number of aryl methyl sites for hydroxylation is 2. The Bertz CT molecular complexity index is 595. The molecule has 0 saturated carbocycles. The van der Waals surface area contributed by atoms with Crippen LogP contribution in [-0.2, 0) is 0 Å². The number of hydrogen-bond acceptors (Lipinski definition) is 2. The number of anilines is 1. The fourth-order valence-corrected chi connectivity index (χ4v) is 2.08. The average molecular weight is 259 g/mol. The summed E-state index contributed by atoms with van der Waals surface area (Å²) >= 11 is 0. The molecule has 0 radical (unpaired) electrons. The van der Waals surface area contributed by atoms with Gasteiger partial charge < -0.3 is 10.4 Å². The largest absolute Gasteiger partial charge is 0.508 e. The Morgan fingerprint density at radius 1 is 1.11 bits per heavy atom. The molecule has 1 unspecified atom stereocenters. The van der Waals surface area contributed by atoms with Gasteiger partial charge in [0.05, 0.1) is 6.04 Å². The minimum Gasteiger partial charge on any atom is -0.508 e. The average Bonchev–Trinajstić information content (AvgIpc) is 2.33. The van der Waals surface area contributed by atoms with Crippen molar-refractivity contribution < 1.29 is 9.50 Å². The van der Waals surface area contributed by atoms with Gasteiger partial charge >= 0.3 is 0 Å². The Labute approximate surface area is 112 Å². The number of rotatable bonds is 3. The zero-order chi connectivity index (χ0) is 14.0. The van der Waals surface area contributed by atoms with E-state index in [0.29, 0.717) is 5.56 Å². The van der Waals surface area contributed by atoms with E-state index in [1.54, 1.807) is 25.1 Å². The van der Waals surface area contributed by atoms with Crippen molar-refractivity contribution in [3.05, 3.63) is 58.9 Å². The van der Waals surface area contributed by atoms with Crippen LogP contribution < -0.4 is 5.32 Å². The van der Waals surface area contributed by atoms with Crippen LogP contribution in [0.3, 0.4) is 0 Å². The van der Waals surface area contributed by atoms with Crippen molar-refractivity contribution in [3.8, 4) is 5.75 Å². The van der Waals surface area contributed by atoms with Crippen LogP contribution in [0.25, 0.3) is 0 Å². The van der Waals surface area contributed by atoms with Gasteiger partial charge in [0.15, 0.2) is 0 Å². The second-order valence-corrected chi connectivity index (χ2v) is 4.89. The topological polar surface area (TPSA) is 32.3 Å². The zero-order valence-corrected chi connectivity index (χ0v) is 11.4. The van der Waals surface area contributed by atoms with E-state index in [4.69, 9.17) is 0 Å². The Morgan fingerprint density at radius 2 is 1.84 bits per heavy atom. The summed E-state index contributed by atoms with van der Waals surface area (Å²) in [7, 11) is 0. The van der Waals surface area contributed by atoms with Crippen molar-refractivity contribution in [2.45, 2.75) is 26.8 Å². The van der Waals surface area contributed by atoms with E-state index >= 15 is 0 Å². The summed E-state index contributed by atoms with van der Waals surface area (Å²) in [4.78, 5) is 0. The Morgan fingerprint density at radius 3 is 2.47 bits per heavy atom. The normalized spacial score (nSPS) is 12.2. The molecule has 0 aliphatic rings. The van der Waals surface area contributed by atoms with Gasteiger partial charge in [0, 0.05) is 11.3 Å². The maximum Gasteiger partial charge on any atom is 0.126 e. The highest BCUT2D eigenvalue weighted by molar-refractivity contribution is 5.49. The summed E-state index contributed by atoms with van der Waals surface area (Å²) in [5.74, 6) is 0.0650. The zero-order valence-electron chi connectivity index (χ0n) is 11.4. The first kappa shape index (κ1) is 13.4. The predicted molar refractivity (Wildman–Crippen MR) is 76.0 cm³/mol. The van der Waals surface area contributed by atoms with E-state index in [1.807, 2.05) is 26.0 Å². The van der Waals surface area contributed by atoms with Crippen molar-refractivity contribution >= 4 is 5.69 Å². The van der Waals surface area contributed by atoms with Gasteiger partial charge in [0.1, 0.15) is 11.6 Å². The molecule has 3 heteroatoms. The lowest BCUT2D eigenvalue weighted by Crippen LogP contribution is -2.07. The van der Waals surface area contributed by atoms with Gasteiger partial charge in [-0.2, -0.15) is 0 Å². The molecule has 2 aromatic carbocycles. The van der Waals surface area contributed by atoms with Crippen LogP contribution in [0.2, 0.25) is 0 Å². The first-order valence-corrected chi connectivity index (χ1v) is 6.29. The highest BCUT2D eigenvalue weighted by Crippen LogP contribution is 2.28. The standard InChI is InChI=1S/C16H18FNO/c1-10-4-6-14(16(19)8-10)12(3)18-13-5-7-15(17)11(2)9-13/h4-9,12,18-19H,1-3H3. The maximum atomic E-state index is 13.2. The van der Waals surface area contributed by atoms with E-state index in [1.165, 1.54) is 6.07 Å². The molecule has 100 valence electrons. The number of nitrogens with one attached hydrogen (secondary N) is 1. The molecule has 2 nitrogen and oxygen atoms in total. The first-order valence-electron chi connectivity index (χ1n) is 6.29. The molecule has 0 fully saturated rings. The molecule has 0 spiro atoms. The molecule has 0 saturated heterocycles. The van der Waals surface area contributed by atoms with Crippen LogP contribution in [0.4, 0.5) is 10.1 Å². The number of aromatic hydroxyl groups is 1. The van der Waals surface area contributed by atoms with Gasteiger partial charge in [-0.3, -0.25) is 0 Å². The summed E-state index contributed by atoms with van der Waals surface area (Å²) in [5.41, 5.74) is 3.29. The first-order chi connectivity index (χ1) is 8.97. The molecule has 1 atom stereocenters. The lowest BCUT2D eigenvalue weighted by Gasteiger charge is -2.17. The SMILES string of the molecule is Cc1ccc(C(C)Nc2ccc(F)c(C)c2)c(O)c1. The molecular formula is C16H18FNO. The molecule has 0 bridgehead atoms. The molecule has 2 N–H and O–H groups in total. The Hall–Kier alpha value is -2.03. The second kappa shape index (κ2) is 5.31. The van der Waals surface area contributed by atoms with Crippen LogP contribution in [0.5, 0.6) is 5.75 Å². The maximum absolute atomic E-state index is 13.2. The number of phenols is 1. The van der Waals surface area contributed by atoms with E-state index in [0.717, 1.165) is 16.8 Å². The second-order valence-electron chi connectivity index (χ2n) is 4.89. The number of halogens is 1. The molecule has 2 aromatic rings. The predicted octanol–water partition coefficient (Wildman–Crippen LogP) is 4.32. The molecule has 0 heterocycles. The Kier molecular flexibility index (Phi) is 3.74. The molecule has 0 aromatic heterocycles. The fraction of sp³-hybridized carbons (Fsp3) is 0.250. The van der Waals surface area contributed by atoms with E-state index in [9.17, 15) is 9.50 Å². The van der Waals surface area contributed by atoms with Gasteiger partial charge in [0.2, 0.25) is 0 Å². The summed E-state index contributed by atoms with van der Waals surface area (Å²) in [6.45, 7) is 5.63. The lowest BCUT2D eigenvalue weighted by atomic mass is 10.0. The van der Waals surface area contributed by atoms with Crippen LogP contribution in [-0.4, -0.2) is 5.11 Å². The summed E-state index contributed by atoms with van der Waals surface area (Å²) in [6.07, 6.45) is 0. The van der Waals surface area contributed by atoms with E-state index in [2.05, 4.69) is 5.32 Å². The molecule has 0 amide bonds. The van der Waals surface area contributed by atoms with Crippen molar-refractivity contribution in [2.75, 3.05) is 5.32 Å². The highest BCUT2D eigenvalue weighted by Gasteiger charge is 2.10. The fourth-order valence-electron chi connectivity index (χ4n) is 2.08. The summed E-state index contributed by atoms with van der Waals surface area (Å²) < 4.78 is 13.2. The van der Waals surface area contributed by atoms with Crippen molar-refractivity contribution in [2.24, 2.45) is 0 Å². The highest BCUT2D eigenvalue weighted by atomic mass is 19.1. The van der Waals surface area contributed by atoms with Crippen molar-refractivity contribution in [1.29, 1.82) is 0 Å². The third-order valence-corrected chi connectivity index (χ3v) is 3.19. The Balaban J connectivity index is 2.20. The summed E-state index contributed by atoms with van der Waals surface area (Å²) in [6, 6.07) is 10.5. The monoisotopic (exact) mass is 259 g/mol.